The Balaban J connectivity index is 0. The molecule has 0 aromatic heterocycles. The van der Waals surface area contributed by atoms with E-state index in [-0.39, 0.29) is 23.5 Å². The summed E-state index contributed by atoms with van der Waals surface area (Å²) < 4.78 is 0. The van der Waals surface area contributed by atoms with Crippen molar-refractivity contribution in [2.75, 3.05) is 13.1 Å². The molecule has 0 bridgehead atoms. The molecule has 0 rings (SSSR count). The second kappa shape index (κ2) is 5.82. The maximum atomic E-state index is 8.26. The summed E-state index contributed by atoms with van der Waals surface area (Å²) in [7, 11) is 0. The fraction of sp³-hybridized carbons (Fsp3) is 0.600. The number of rotatable bonds is 4. The van der Waals surface area contributed by atoms with Crippen LogP contribution >= 0.6 is 17.0 Å². The molecule has 0 saturated carbocycles. The van der Waals surface area contributed by atoms with Crippen molar-refractivity contribution in [3.63, 3.8) is 0 Å². The van der Waals surface area contributed by atoms with E-state index in [4.69, 9.17) is 15.3 Å². The Bertz CT molecular complexity index is 91.4. The third-order valence-electron chi connectivity index (χ3n) is 0.651. The first-order chi connectivity index (χ1) is 4.06. The van der Waals surface area contributed by atoms with Crippen molar-refractivity contribution in [1.29, 1.82) is 0 Å². The molecule has 0 aliphatic carbocycles. The summed E-state index contributed by atoms with van der Waals surface area (Å²) in [6.07, 6.45) is 1.55. The Morgan fingerprint density at radius 1 is 1.40 bits per heavy atom. The number of hydrogen-bond donors (Lipinski definition) is 4. The van der Waals surface area contributed by atoms with Crippen LogP contribution in [0, 0.1) is 0 Å². The maximum Gasteiger partial charge on any atom is 0.288 e. The monoisotopic (exact) mass is 213 g/mol. The van der Waals surface area contributed by atoms with Gasteiger partial charge in [0, 0.05) is 6.54 Å². The van der Waals surface area contributed by atoms with Gasteiger partial charge in [0.25, 0.3) is 5.97 Å². The second-order valence-electron chi connectivity index (χ2n) is 1.69. The molecule has 0 unspecified atom stereocenters. The Hall–Kier alpha value is 0.0600. The molecular formula is C5H12BrNO3. The number of halogens is 1. The van der Waals surface area contributed by atoms with E-state index in [0.29, 0.717) is 6.54 Å². The third kappa shape index (κ3) is 10.9. The van der Waals surface area contributed by atoms with Crippen LogP contribution < -0.4 is 5.32 Å². The highest BCUT2D eigenvalue weighted by Crippen LogP contribution is 1.86. The maximum absolute atomic E-state index is 8.26. The highest BCUT2D eigenvalue weighted by molar-refractivity contribution is 8.93. The minimum Gasteiger partial charge on any atom is -0.343 e. The first-order valence-electron chi connectivity index (χ1n) is 2.55. The van der Waals surface area contributed by atoms with E-state index >= 15 is 0 Å². The van der Waals surface area contributed by atoms with Crippen molar-refractivity contribution in [3.8, 4) is 0 Å². The van der Waals surface area contributed by atoms with E-state index in [0.717, 1.165) is 0 Å². The van der Waals surface area contributed by atoms with Gasteiger partial charge >= 0.3 is 0 Å². The molecule has 0 saturated heterocycles. The van der Waals surface area contributed by atoms with Crippen molar-refractivity contribution in [2.24, 2.45) is 0 Å². The van der Waals surface area contributed by atoms with Crippen LogP contribution in [0.3, 0.4) is 0 Å². The van der Waals surface area contributed by atoms with Crippen LogP contribution in [0.1, 0.15) is 0 Å². The third-order valence-corrected chi connectivity index (χ3v) is 0.651. The van der Waals surface area contributed by atoms with Gasteiger partial charge < -0.3 is 20.6 Å². The van der Waals surface area contributed by atoms with E-state index in [2.05, 4.69) is 11.9 Å². The Labute approximate surface area is 70.0 Å². The van der Waals surface area contributed by atoms with E-state index < -0.39 is 5.97 Å². The smallest absolute Gasteiger partial charge is 0.288 e. The molecule has 0 aliphatic heterocycles. The Morgan fingerprint density at radius 3 is 2.20 bits per heavy atom. The molecule has 0 aromatic carbocycles. The largest absolute Gasteiger partial charge is 0.343 e. The van der Waals surface area contributed by atoms with Gasteiger partial charge in [-0.25, -0.2) is 0 Å². The summed E-state index contributed by atoms with van der Waals surface area (Å²) in [6, 6.07) is 0. The minimum atomic E-state index is -2.61. The summed E-state index contributed by atoms with van der Waals surface area (Å²) >= 11 is 0. The summed E-state index contributed by atoms with van der Waals surface area (Å²) in [5.74, 6) is -2.61. The van der Waals surface area contributed by atoms with Crippen LogP contribution in [0.15, 0.2) is 12.7 Å². The first-order valence-corrected chi connectivity index (χ1v) is 2.55. The van der Waals surface area contributed by atoms with Crippen LogP contribution in [0.4, 0.5) is 0 Å². The fourth-order valence-corrected chi connectivity index (χ4v) is 0.342. The average Bonchev–Trinajstić information content (AvgIpc) is 1.63. The quantitative estimate of drug-likeness (QED) is 0.274. The number of aliphatic hydroxyl groups is 3. The van der Waals surface area contributed by atoms with Gasteiger partial charge in [-0.3, -0.25) is 0 Å². The van der Waals surface area contributed by atoms with Crippen molar-refractivity contribution >= 4 is 17.0 Å². The van der Waals surface area contributed by atoms with Gasteiger partial charge in [-0.1, -0.05) is 6.08 Å². The molecule has 0 heterocycles. The predicted molar refractivity (Wildman–Crippen MR) is 42.8 cm³/mol. The van der Waals surface area contributed by atoms with Crippen molar-refractivity contribution in [2.45, 2.75) is 5.97 Å². The van der Waals surface area contributed by atoms with Crippen LogP contribution in [0.5, 0.6) is 0 Å². The molecule has 0 aromatic rings. The Morgan fingerprint density at radius 2 is 1.90 bits per heavy atom. The summed E-state index contributed by atoms with van der Waals surface area (Å²) in [4.78, 5) is 0. The molecule has 4 N–H and O–H groups in total. The molecule has 10 heavy (non-hydrogen) atoms. The molecule has 0 fully saturated rings. The molecule has 0 atom stereocenters. The van der Waals surface area contributed by atoms with Crippen LogP contribution in [-0.4, -0.2) is 34.4 Å². The zero-order valence-corrected chi connectivity index (χ0v) is 7.16. The van der Waals surface area contributed by atoms with E-state index in [9.17, 15) is 0 Å². The molecular weight excluding hydrogens is 202 g/mol. The first kappa shape index (κ1) is 12.7. The molecule has 0 spiro atoms. The van der Waals surface area contributed by atoms with Gasteiger partial charge in [-0.2, -0.15) is 0 Å². The summed E-state index contributed by atoms with van der Waals surface area (Å²) in [5, 5.41) is 27.3. The summed E-state index contributed by atoms with van der Waals surface area (Å²) in [6.45, 7) is 3.53. The highest BCUT2D eigenvalue weighted by atomic mass is 79.9. The SMILES string of the molecule is Br.C=CCNCC(O)(O)O. The summed E-state index contributed by atoms with van der Waals surface area (Å²) in [5.41, 5.74) is 0. The van der Waals surface area contributed by atoms with Crippen molar-refractivity contribution in [3.05, 3.63) is 12.7 Å². The van der Waals surface area contributed by atoms with Crippen LogP contribution in [-0.2, 0) is 0 Å². The van der Waals surface area contributed by atoms with Gasteiger partial charge in [-0.15, -0.1) is 23.6 Å². The lowest BCUT2D eigenvalue weighted by molar-refractivity contribution is -0.306. The molecule has 62 valence electrons. The normalized spacial score (nSPS) is 10.3. The number of nitrogens with one attached hydrogen (secondary N) is 1. The van der Waals surface area contributed by atoms with Gasteiger partial charge in [0.15, 0.2) is 0 Å². The van der Waals surface area contributed by atoms with Crippen molar-refractivity contribution in [1.82, 2.24) is 5.32 Å². The predicted octanol–water partition coefficient (Wildman–Crippen LogP) is -1.03. The van der Waals surface area contributed by atoms with Crippen LogP contribution in [0.2, 0.25) is 0 Å². The molecule has 0 radical (unpaired) electrons. The van der Waals surface area contributed by atoms with Gasteiger partial charge in [0.05, 0.1) is 6.54 Å². The minimum absolute atomic E-state index is 0. The van der Waals surface area contributed by atoms with Gasteiger partial charge in [0.1, 0.15) is 0 Å². The fourth-order valence-electron chi connectivity index (χ4n) is 0.342. The molecule has 4 nitrogen and oxygen atoms in total. The lowest BCUT2D eigenvalue weighted by Gasteiger charge is -2.13. The number of hydrogen-bond acceptors (Lipinski definition) is 4. The zero-order chi connectivity index (χ0) is 7.33. The Kier molecular flexibility index (Phi) is 7.39. The zero-order valence-electron chi connectivity index (χ0n) is 5.45. The second-order valence-corrected chi connectivity index (χ2v) is 1.69. The molecule has 0 aliphatic rings. The van der Waals surface area contributed by atoms with Gasteiger partial charge in [-0.05, 0) is 0 Å². The molecule has 0 amide bonds. The molecule has 5 heteroatoms. The van der Waals surface area contributed by atoms with E-state index in [1.54, 1.807) is 6.08 Å². The van der Waals surface area contributed by atoms with Gasteiger partial charge in [0.2, 0.25) is 0 Å². The average molecular weight is 214 g/mol. The van der Waals surface area contributed by atoms with Crippen LogP contribution in [0.25, 0.3) is 0 Å². The lowest BCUT2D eigenvalue weighted by atomic mass is 10.5. The topological polar surface area (TPSA) is 72.7 Å². The lowest BCUT2D eigenvalue weighted by Crippen LogP contribution is -2.40. The van der Waals surface area contributed by atoms with Crippen molar-refractivity contribution < 1.29 is 15.3 Å². The van der Waals surface area contributed by atoms with E-state index in [1.165, 1.54) is 0 Å². The van der Waals surface area contributed by atoms with E-state index in [1.807, 2.05) is 0 Å². The highest BCUT2D eigenvalue weighted by Gasteiger charge is 2.15. The standard InChI is InChI=1S/C5H11NO3.BrH/c1-2-3-6-4-5(7,8)9;/h2,6-9H,1,3-4H2;1H.